The molecule has 0 spiro atoms. The monoisotopic (exact) mass is 280 g/mol. The molecule has 0 atom stereocenters. The van der Waals surface area contributed by atoms with E-state index in [0.717, 1.165) is 0 Å². The maximum Gasteiger partial charge on any atom is 0.307 e. The number of amides is 1. The van der Waals surface area contributed by atoms with E-state index >= 15 is 0 Å². The van der Waals surface area contributed by atoms with Gasteiger partial charge in [0.15, 0.2) is 11.5 Å². The minimum Gasteiger partial charge on any atom is -0.469 e. The summed E-state index contributed by atoms with van der Waals surface area (Å²) in [6.45, 7) is 3.14. The van der Waals surface area contributed by atoms with Gasteiger partial charge in [0.05, 0.1) is 13.5 Å². The SMILES string of the molecule is CCN(CCC(=O)OC)c1ccc(C(=O)N(C)C)nn1. The molecular weight excluding hydrogens is 260 g/mol. The average Bonchev–Trinajstić information content (AvgIpc) is 2.47. The number of hydrogen-bond acceptors (Lipinski definition) is 6. The van der Waals surface area contributed by atoms with Gasteiger partial charge in [0, 0.05) is 27.2 Å². The van der Waals surface area contributed by atoms with Gasteiger partial charge in [-0.2, -0.15) is 0 Å². The van der Waals surface area contributed by atoms with E-state index in [1.807, 2.05) is 11.8 Å². The Morgan fingerprint density at radius 3 is 2.40 bits per heavy atom. The van der Waals surface area contributed by atoms with Crippen LogP contribution in [-0.2, 0) is 9.53 Å². The molecule has 7 heteroatoms. The van der Waals surface area contributed by atoms with Gasteiger partial charge in [-0.05, 0) is 19.1 Å². The molecule has 1 amide bonds. The summed E-state index contributed by atoms with van der Waals surface area (Å²) in [6, 6.07) is 3.36. The van der Waals surface area contributed by atoms with Crippen LogP contribution in [0.2, 0.25) is 0 Å². The van der Waals surface area contributed by atoms with E-state index in [1.54, 1.807) is 26.2 Å². The zero-order valence-electron chi connectivity index (χ0n) is 12.3. The van der Waals surface area contributed by atoms with E-state index in [4.69, 9.17) is 0 Å². The number of methoxy groups -OCH3 is 1. The van der Waals surface area contributed by atoms with Gasteiger partial charge >= 0.3 is 5.97 Å². The quantitative estimate of drug-likeness (QED) is 0.709. The number of ether oxygens (including phenoxy) is 1. The number of carbonyl (C=O) groups is 2. The van der Waals surface area contributed by atoms with Crippen molar-refractivity contribution in [2.24, 2.45) is 0 Å². The molecule has 1 aromatic rings. The van der Waals surface area contributed by atoms with Gasteiger partial charge in [-0.25, -0.2) is 0 Å². The second-order valence-electron chi connectivity index (χ2n) is 4.38. The van der Waals surface area contributed by atoms with E-state index in [9.17, 15) is 9.59 Å². The normalized spacial score (nSPS) is 10.0. The van der Waals surface area contributed by atoms with Gasteiger partial charge in [-0.15, -0.1) is 10.2 Å². The fraction of sp³-hybridized carbons (Fsp3) is 0.538. The molecule has 110 valence electrons. The molecule has 0 aromatic carbocycles. The molecule has 1 heterocycles. The van der Waals surface area contributed by atoms with Gasteiger partial charge in [-0.1, -0.05) is 0 Å². The minimum atomic E-state index is -0.268. The summed E-state index contributed by atoms with van der Waals surface area (Å²) in [5.74, 6) is 0.171. The van der Waals surface area contributed by atoms with Crippen molar-refractivity contribution in [2.45, 2.75) is 13.3 Å². The number of rotatable bonds is 6. The van der Waals surface area contributed by atoms with Crippen LogP contribution < -0.4 is 4.90 Å². The van der Waals surface area contributed by atoms with Crippen LogP contribution in [0.15, 0.2) is 12.1 Å². The summed E-state index contributed by atoms with van der Waals surface area (Å²) in [6.07, 6.45) is 0.282. The Kier molecular flexibility index (Phi) is 5.89. The summed E-state index contributed by atoms with van der Waals surface area (Å²) in [4.78, 5) is 26.2. The van der Waals surface area contributed by atoms with Crippen molar-refractivity contribution in [3.05, 3.63) is 17.8 Å². The third kappa shape index (κ3) is 4.18. The van der Waals surface area contributed by atoms with Crippen LogP contribution in [0.25, 0.3) is 0 Å². The molecular formula is C13H20N4O3. The smallest absolute Gasteiger partial charge is 0.307 e. The Morgan fingerprint density at radius 2 is 1.95 bits per heavy atom. The number of esters is 1. The molecule has 0 aliphatic heterocycles. The molecule has 0 fully saturated rings. The Labute approximate surface area is 118 Å². The first-order valence-corrected chi connectivity index (χ1v) is 6.36. The second-order valence-corrected chi connectivity index (χ2v) is 4.38. The van der Waals surface area contributed by atoms with Crippen molar-refractivity contribution < 1.29 is 14.3 Å². The standard InChI is InChI=1S/C13H20N4O3/c1-5-17(9-8-12(18)20-4)11-7-6-10(14-15-11)13(19)16(2)3/h6-7H,5,8-9H2,1-4H3. The summed E-state index contributed by atoms with van der Waals surface area (Å²) in [5, 5.41) is 7.95. The summed E-state index contributed by atoms with van der Waals surface area (Å²) in [7, 11) is 4.68. The first-order valence-electron chi connectivity index (χ1n) is 6.36. The first kappa shape index (κ1) is 15.9. The number of nitrogens with zero attached hydrogens (tertiary/aromatic N) is 4. The number of hydrogen-bond donors (Lipinski definition) is 0. The molecule has 1 aromatic heterocycles. The van der Waals surface area contributed by atoms with E-state index < -0.39 is 0 Å². The number of aromatic nitrogens is 2. The molecule has 0 bridgehead atoms. The van der Waals surface area contributed by atoms with Gasteiger partial charge in [-0.3, -0.25) is 9.59 Å². The molecule has 20 heavy (non-hydrogen) atoms. The van der Waals surface area contributed by atoms with Crippen LogP contribution in [0.5, 0.6) is 0 Å². The van der Waals surface area contributed by atoms with Gasteiger partial charge in [0.2, 0.25) is 0 Å². The second kappa shape index (κ2) is 7.42. The molecule has 1 rings (SSSR count). The van der Waals surface area contributed by atoms with Gasteiger partial charge in [0.25, 0.3) is 5.91 Å². The van der Waals surface area contributed by atoms with E-state index in [2.05, 4.69) is 14.9 Å². The lowest BCUT2D eigenvalue weighted by molar-refractivity contribution is -0.140. The third-order valence-electron chi connectivity index (χ3n) is 2.79. The molecule has 0 saturated carbocycles. The van der Waals surface area contributed by atoms with Gasteiger partial charge in [0.1, 0.15) is 0 Å². The van der Waals surface area contributed by atoms with E-state index in [1.165, 1.54) is 12.0 Å². The van der Waals surface area contributed by atoms with Crippen molar-refractivity contribution in [3.63, 3.8) is 0 Å². The summed E-state index contributed by atoms with van der Waals surface area (Å²) in [5.41, 5.74) is 0.294. The maximum absolute atomic E-state index is 11.7. The molecule has 0 radical (unpaired) electrons. The van der Waals surface area contributed by atoms with Crippen molar-refractivity contribution in [1.82, 2.24) is 15.1 Å². The van der Waals surface area contributed by atoms with Crippen molar-refractivity contribution in [2.75, 3.05) is 39.2 Å². The van der Waals surface area contributed by atoms with E-state index in [0.29, 0.717) is 24.6 Å². The molecule has 0 aliphatic rings. The minimum absolute atomic E-state index is 0.193. The predicted octanol–water partition coefficient (Wildman–Crippen LogP) is 0.568. The zero-order chi connectivity index (χ0) is 15.1. The fourth-order valence-corrected chi connectivity index (χ4v) is 1.60. The summed E-state index contributed by atoms with van der Waals surface area (Å²) < 4.78 is 4.61. The highest BCUT2D eigenvalue weighted by molar-refractivity contribution is 5.91. The molecule has 0 unspecified atom stereocenters. The average molecular weight is 280 g/mol. The zero-order valence-corrected chi connectivity index (χ0v) is 12.3. The largest absolute Gasteiger partial charge is 0.469 e. The van der Waals surface area contributed by atoms with Crippen LogP contribution in [-0.4, -0.2) is 61.3 Å². The molecule has 0 saturated heterocycles. The maximum atomic E-state index is 11.7. The van der Waals surface area contributed by atoms with Crippen LogP contribution in [0.1, 0.15) is 23.8 Å². The van der Waals surface area contributed by atoms with Crippen LogP contribution in [0, 0.1) is 0 Å². The van der Waals surface area contributed by atoms with Crippen molar-refractivity contribution >= 4 is 17.7 Å². The molecule has 7 nitrogen and oxygen atoms in total. The van der Waals surface area contributed by atoms with Gasteiger partial charge < -0.3 is 14.5 Å². The highest BCUT2D eigenvalue weighted by atomic mass is 16.5. The van der Waals surface area contributed by atoms with Crippen LogP contribution in [0.3, 0.4) is 0 Å². The summed E-state index contributed by atoms with van der Waals surface area (Å²) >= 11 is 0. The first-order chi connectivity index (χ1) is 9.49. The molecule has 0 aliphatic carbocycles. The van der Waals surface area contributed by atoms with Crippen LogP contribution >= 0.6 is 0 Å². The number of carbonyl (C=O) groups excluding carboxylic acids is 2. The van der Waals surface area contributed by atoms with Crippen molar-refractivity contribution in [3.8, 4) is 0 Å². The fourth-order valence-electron chi connectivity index (χ4n) is 1.60. The van der Waals surface area contributed by atoms with E-state index in [-0.39, 0.29) is 18.3 Å². The Morgan fingerprint density at radius 1 is 1.25 bits per heavy atom. The number of anilines is 1. The lowest BCUT2D eigenvalue weighted by Crippen LogP contribution is -2.28. The lowest BCUT2D eigenvalue weighted by atomic mass is 10.3. The van der Waals surface area contributed by atoms with Crippen LogP contribution in [0.4, 0.5) is 5.82 Å². The Bertz CT molecular complexity index is 459. The third-order valence-corrected chi connectivity index (χ3v) is 2.79. The lowest BCUT2D eigenvalue weighted by Gasteiger charge is -2.20. The van der Waals surface area contributed by atoms with Crippen molar-refractivity contribution in [1.29, 1.82) is 0 Å². The predicted molar refractivity (Wildman–Crippen MR) is 74.6 cm³/mol. The topological polar surface area (TPSA) is 75.6 Å². The highest BCUT2D eigenvalue weighted by Crippen LogP contribution is 2.10. The Balaban J connectivity index is 2.74. The molecule has 0 N–H and O–H groups in total. The Hall–Kier alpha value is -2.18. The highest BCUT2D eigenvalue weighted by Gasteiger charge is 2.13.